The van der Waals surface area contributed by atoms with E-state index in [4.69, 9.17) is 4.74 Å². The molecule has 0 unspecified atom stereocenters. The van der Waals surface area contributed by atoms with E-state index in [-0.39, 0.29) is 5.91 Å². The molecule has 0 aromatic rings. The summed E-state index contributed by atoms with van der Waals surface area (Å²) in [6.45, 7) is 5.93. The molecule has 72 valence electrons. The van der Waals surface area contributed by atoms with Gasteiger partial charge in [0, 0.05) is 12.5 Å². The molecule has 2 aliphatic heterocycles. The Bertz CT molecular complexity index is 227. The Labute approximate surface area is 78.4 Å². The molecule has 1 amide bonds. The molecule has 0 saturated carbocycles. The molecule has 2 rings (SSSR count). The Morgan fingerprint density at radius 2 is 2.38 bits per heavy atom. The van der Waals surface area contributed by atoms with Crippen LogP contribution in [-0.4, -0.2) is 36.6 Å². The molecular formula is C10H15NO2. The van der Waals surface area contributed by atoms with Gasteiger partial charge in [0.15, 0.2) is 0 Å². The van der Waals surface area contributed by atoms with Gasteiger partial charge in [-0.05, 0) is 18.9 Å². The predicted molar refractivity (Wildman–Crippen MR) is 49.2 cm³/mol. The summed E-state index contributed by atoms with van der Waals surface area (Å²) in [6, 6.07) is 0.319. The Balaban J connectivity index is 2.09. The number of piperidine rings is 1. The molecule has 0 bridgehead atoms. The molecule has 13 heavy (non-hydrogen) atoms. The first kappa shape index (κ1) is 8.75. The van der Waals surface area contributed by atoms with Gasteiger partial charge >= 0.3 is 0 Å². The van der Waals surface area contributed by atoms with Crippen LogP contribution in [-0.2, 0) is 9.53 Å². The largest absolute Gasteiger partial charge is 0.379 e. The molecule has 0 aliphatic carbocycles. The van der Waals surface area contributed by atoms with E-state index in [9.17, 15) is 4.79 Å². The average molecular weight is 181 g/mol. The third kappa shape index (κ3) is 1.48. The van der Waals surface area contributed by atoms with Crippen LogP contribution in [0.4, 0.5) is 0 Å². The van der Waals surface area contributed by atoms with Crippen LogP contribution in [0.15, 0.2) is 12.7 Å². The summed E-state index contributed by atoms with van der Waals surface area (Å²) in [7, 11) is 0. The van der Waals surface area contributed by atoms with Crippen molar-refractivity contribution in [2.45, 2.75) is 18.9 Å². The van der Waals surface area contributed by atoms with Crippen LogP contribution >= 0.6 is 0 Å². The predicted octanol–water partition coefficient (Wildman–Crippen LogP) is 0.810. The first-order valence-electron chi connectivity index (χ1n) is 4.83. The summed E-state index contributed by atoms with van der Waals surface area (Å²) < 4.78 is 5.39. The number of ether oxygens (including phenoxy) is 1. The molecule has 2 aliphatic rings. The van der Waals surface area contributed by atoms with Gasteiger partial charge in [-0.15, -0.1) is 0 Å². The van der Waals surface area contributed by atoms with Crippen LogP contribution in [0, 0.1) is 5.92 Å². The van der Waals surface area contributed by atoms with E-state index in [1.807, 2.05) is 4.90 Å². The first-order chi connectivity index (χ1) is 6.33. The number of carbonyl (C=O) groups is 1. The fourth-order valence-electron chi connectivity index (χ4n) is 2.29. The van der Waals surface area contributed by atoms with E-state index in [1.165, 1.54) is 12.5 Å². The van der Waals surface area contributed by atoms with Crippen molar-refractivity contribution in [2.24, 2.45) is 5.92 Å². The zero-order valence-corrected chi connectivity index (χ0v) is 7.74. The minimum atomic E-state index is 0.0557. The molecule has 2 atom stereocenters. The molecule has 0 spiro atoms. The molecule has 0 radical (unpaired) electrons. The average Bonchev–Trinajstić information content (AvgIpc) is 2.63. The summed E-state index contributed by atoms with van der Waals surface area (Å²) >= 11 is 0. The number of nitrogens with zero attached hydrogens (tertiary/aromatic N) is 1. The molecule has 3 heteroatoms. The van der Waals surface area contributed by atoms with Gasteiger partial charge in [-0.1, -0.05) is 6.58 Å². The number of likely N-dealkylation sites (tertiary alicyclic amines) is 1. The first-order valence-corrected chi connectivity index (χ1v) is 4.83. The normalized spacial score (nSPS) is 32.8. The van der Waals surface area contributed by atoms with Crippen molar-refractivity contribution < 1.29 is 9.53 Å². The smallest absolute Gasteiger partial charge is 0.246 e. The van der Waals surface area contributed by atoms with Crippen molar-refractivity contribution in [1.29, 1.82) is 0 Å². The Morgan fingerprint density at radius 1 is 1.54 bits per heavy atom. The summed E-state index contributed by atoms with van der Waals surface area (Å²) in [5.41, 5.74) is 0. The second-order valence-electron chi connectivity index (χ2n) is 3.74. The molecule has 0 N–H and O–H groups in total. The van der Waals surface area contributed by atoms with E-state index in [0.717, 1.165) is 19.6 Å². The highest BCUT2D eigenvalue weighted by atomic mass is 16.5. The number of carbonyl (C=O) groups excluding carboxylic acids is 1. The van der Waals surface area contributed by atoms with E-state index in [2.05, 4.69) is 6.58 Å². The zero-order valence-electron chi connectivity index (χ0n) is 7.74. The number of fused-ring (bicyclic) bond motifs is 1. The van der Waals surface area contributed by atoms with E-state index in [1.54, 1.807) is 0 Å². The maximum Gasteiger partial charge on any atom is 0.246 e. The Kier molecular flexibility index (Phi) is 2.36. The van der Waals surface area contributed by atoms with E-state index >= 15 is 0 Å². The van der Waals surface area contributed by atoms with Crippen LogP contribution in [0.5, 0.6) is 0 Å². The van der Waals surface area contributed by atoms with Crippen molar-refractivity contribution in [1.82, 2.24) is 4.90 Å². The van der Waals surface area contributed by atoms with Gasteiger partial charge in [-0.3, -0.25) is 4.79 Å². The Hall–Kier alpha value is -0.830. The van der Waals surface area contributed by atoms with Crippen LogP contribution in [0.2, 0.25) is 0 Å². The second kappa shape index (κ2) is 3.50. The lowest BCUT2D eigenvalue weighted by atomic mass is 9.92. The van der Waals surface area contributed by atoms with Gasteiger partial charge in [-0.2, -0.15) is 0 Å². The minimum Gasteiger partial charge on any atom is -0.379 e. The lowest BCUT2D eigenvalue weighted by Gasteiger charge is -2.35. The maximum atomic E-state index is 11.5. The van der Waals surface area contributed by atoms with Crippen LogP contribution in [0.1, 0.15) is 12.8 Å². The van der Waals surface area contributed by atoms with Crippen molar-refractivity contribution in [2.75, 3.05) is 19.8 Å². The molecule has 2 saturated heterocycles. The molecule has 0 aromatic carbocycles. The molecule has 3 nitrogen and oxygen atoms in total. The minimum absolute atomic E-state index is 0.0557. The van der Waals surface area contributed by atoms with Crippen LogP contribution in [0.3, 0.4) is 0 Å². The topological polar surface area (TPSA) is 29.5 Å². The highest BCUT2D eigenvalue weighted by Crippen LogP contribution is 2.28. The Morgan fingerprint density at radius 3 is 3.15 bits per heavy atom. The van der Waals surface area contributed by atoms with Crippen molar-refractivity contribution in [3.05, 3.63) is 12.7 Å². The second-order valence-corrected chi connectivity index (χ2v) is 3.74. The molecular weight excluding hydrogens is 166 g/mol. The van der Waals surface area contributed by atoms with Gasteiger partial charge in [0.05, 0.1) is 19.3 Å². The van der Waals surface area contributed by atoms with Crippen molar-refractivity contribution >= 4 is 5.91 Å². The highest BCUT2D eigenvalue weighted by Gasteiger charge is 2.37. The number of amides is 1. The van der Waals surface area contributed by atoms with Gasteiger partial charge in [0.1, 0.15) is 0 Å². The van der Waals surface area contributed by atoms with Crippen LogP contribution < -0.4 is 0 Å². The molecule has 2 fully saturated rings. The van der Waals surface area contributed by atoms with Crippen molar-refractivity contribution in [3.8, 4) is 0 Å². The zero-order chi connectivity index (χ0) is 9.26. The number of hydrogen-bond donors (Lipinski definition) is 0. The number of rotatable bonds is 1. The lowest BCUT2D eigenvalue weighted by molar-refractivity contribution is -0.130. The summed E-state index contributed by atoms with van der Waals surface area (Å²) in [6.07, 6.45) is 3.70. The summed E-state index contributed by atoms with van der Waals surface area (Å²) in [5.74, 6) is 0.623. The van der Waals surface area contributed by atoms with Gasteiger partial charge in [0.25, 0.3) is 0 Å². The number of hydrogen-bond acceptors (Lipinski definition) is 2. The third-order valence-corrected chi connectivity index (χ3v) is 3.00. The van der Waals surface area contributed by atoms with E-state index in [0.29, 0.717) is 18.6 Å². The summed E-state index contributed by atoms with van der Waals surface area (Å²) in [5, 5.41) is 0. The summed E-state index contributed by atoms with van der Waals surface area (Å²) in [4.78, 5) is 13.4. The fourth-order valence-corrected chi connectivity index (χ4v) is 2.29. The third-order valence-electron chi connectivity index (χ3n) is 3.00. The fraction of sp³-hybridized carbons (Fsp3) is 0.700. The van der Waals surface area contributed by atoms with Gasteiger partial charge in [0.2, 0.25) is 5.91 Å². The standard InChI is InChI=1S/C10H15NO2/c1-2-10(12)11-5-3-4-8-6-13-7-9(8)11/h2,8-9H,1,3-7H2/t8-,9+/m1/s1. The van der Waals surface area contributed by atoms with Crippen LogP contribution in [0.25, 0.3) is 0 Å². The molecule has 2 heterocycles. The SMILES string of the molecule is C=CC(=O)N1CCC[C@@H]2COC[C@@H]21. The molecule has 0 aromatic heterocycles. The van der Waals surface area contributed by atoms with Crippen molar-refractivity contribution in [3.63, 3.8) is 0 Å². The lowest BCUT2D eigenvalue weighted by Crippen LogP contribution is -2.47. The monoisotopic (exact) mass is 181 g/mol. The quantitative estimate of drug-likeness (QED) is 0.560. The maximum absolute atomic E-state index is 11.5. The van der Waals surface area contributed by atoms with E-state index < -0.39 is 0 Å². The van der Waals surface area contributed by atoms with Gasteiger partial charge in [-0.25, -0.2) is 0 Å². The van der Waals surface area contributed by atoms with Gasteiger partial charge < -0.3 is 9.64 Å². The highest BCUT2D eigenvalue weighted by molar-refractivity contribution is 5.87.